The van der Waals surface area contributed by atoms with Gasteiger partial charge in [0, 0.05) is 16.4 Å². The van der Waals surface area contributed by atoms with Crippen LogP contribution in [-0.4, -0.2) is 16.1 Å². The average molecular weight is 307 g/mol. The number of carboxylic acid groups (broad SMARTS) is 1. The molecule has 4 nitrogen and oxygen atoms in total. The van der Waals surface area contributed by atoms with Gasteiger partial charge in [-0.3, -0.25) is 4.98 Å². The Morgan fingerprint density at radius 1 is 1.33 bits per heavy atom. The van der Waals surface area contributed by atoms with Gasteiger partial charge in [-0.2, -0.15) is 0 Å². The molecule has 0 unspecified atom stereocenters. The molecule has 5 heteroatoms. The zero-order chi connectivity index (χ0) is 13.0. The van der Waals surface area contributed by atoms with E-state index >= 15 is 0 Å². The van der Waals surface area contributed by atoms with Crippen molar-refractivity contribution in [3.63, 3.8) is 0 Å². The van der Waals surface area contributed by atoms with Crippen LogP contribution < -0.4 is 5.32 Å². The van der Waals surface area contributed by atoms with Crippen LogP contribution in [0.15, 0.2) is 47.1 Å². The number of anilines is 1. The highest BCUT2D eigenvalue weighted by Gasteiger charge is 2.06. The monoisotopic (exact) mass is 306 g/mol. The number of nitrogens with zero attached hydrogens (tertiary/aromatic N) is 1. The van der Waals surface area contributed by atoms with Gasteiger partial charge in [0.2, 0.25) is 0 Å². The molecule has 0 fully saturated rings. The Morgan fingerprint density at radius 3 is 2.78 bits per heavy atom. The van der Waals surface area contributed by atoms with Crippen molar-refractivity contribution < 1.29 is 9.90 Å². The summed E-state index contributed by atoms with van der Waals surface area (Å²) < 4.78 is 0.721. The lowest BCUT2D eigenvalue weighted by molar-refractivity contribution is 0.0697. The van der Waals surface area contributed by atoms with Crippen molar-refractivity contribution in [2.45, 2.75) is 6.54 Å². The Morgan fingerprint density at radius 2 is 2.17 bits per heavy atom. The molecule has 1 heterocycles. The predicted molar refractivity (Wildman–Crippen MR) is 72.7 cm³/mol. The molecule has 92 valence electrons. The van der Waals surface area contributed by atoms with Crippen LogP contribution in [0.4, 0.5) is 5.69 Å². The van der Waals surface area contributed by atoms with Crippen LogP contribution in [0.5, 0.6) is 0 Å². The summed E-state index contributed by atoms with van der Waals surface area (Å²) >= 11 is 3.34. The van der Waals surface area contributed by atoms with Crippen molar-refractivity contribution in [1.82, 2.24) is 4.98 Å². The molecule has 1 aromatic carbocycles. The second kappa shape index (κ2) is 5.64. The van der Waals surface area contributed by atoms with E-state index in [0.29, 0.717) is 6.54 Å². The zero-order valence-corrected chi connectivity index (χ0v) is 11.0. The number of carbonyl (C=O) groups is 1. The van der Waals surface area contributed by atoms with Crippen molar-refractivity contribution in [2.24, 2.45) is 0 Å². The van der Waals surface area contributed by atoms with Crippen molar-refractivity contribution in [2.75, 3.05) is 5.32 Å². The molecule has 2 rings (SSSR count). The summed E-state index contributed by atoms with van der Waals surface area (Å²) in [6, 6.07) is 10.6. The van der Waals surface area contributed by atoms with Gasteiger partial charge >= 0.3 is 5.97 Å². The topological polar surface area (TPSA) is 62.2 Å². The number of pyridine rings is 1. The van der Waals surface area contributed by atoms with Crippen molar-refractivity contribution in [3.8, 4) is 0 Å². The molecule has 0 aliphatic heterocycles. The molecule has 0 saturated carbocycles. The quantitative estimate of drug-likeness (QED) is 0.911. The van der Waals surface area contributed by atoms with Crippen LogP contribution >= 0.6 is 15.9 Å². The maximum absolute atomic E-state index is 10.8. The molecular formula is C13H11BrN2O2. The third kappa shape index (κ3) is 3.07. The fourth-order valence-electron chi connectivity index (χ4n) is 1.48. The van der Waals surface area contributed by atoms with Gasteiger partial charge in [-0.15, -0.1) is 0 Å². The third-order valence-corrected chi connectivity index (χ3v) is 3.06. The normalized spacial score (nSPS) is 10.1. The number of rotatable bonds is 4. The Kier molecular flexibility index (Phi) is 3.94. The molecule has 0 spiro atoms. The van der Waals surface area contributed by atoms with E-state index < -0.39 is 5.97 Å². The lowest BCUT2D eigenvalue weighted by atomic mass is 10.2. The number of aromatic carboxylic acids is 1. The molecule has 0 saturated heterocycles. The maximum Gasteiger partial charge on any atom is 0.335 e. The van der Waals surface area contributed by atoms with Crippen LogP contribution in [0, 0.1) is 0 Å². The summed E-state index contributed by atoms with van der Waals surface area (Å²) in [6.07, 6.45) is 1.74. The number of benzene rings is 1. The number of halogens is 1. The van der Waals surface area contributed by atoms with Gasteiger partial charge < -0.3 is 10.4 Å². The summed E-state index contributed by atoms with van der Waals surface area (Å²) in [5.74, 6) is -0.938. The number of aromatic nitrogens is 1. The van der Waals surface area contributed by atoms with Crippen LogP contribution in [0.2, 0.25) is 0 Å². The molecule has 0 aliphatic carbocycles. The molecule has 0 radical (unpaired) electrons. The highest BCUT2D eigenvalue weighted by Crippen LogP contribution is 2.24. The first-order valence-corrected chi connectivity index (χ1v) is 6.13. The summed E-state index contributed by atoms with van der Waals surface area (Å²) in [5.41, 5.74) is 2.02. The Bertz CT molecular complexity index is 558. The van der Waals surface area contributed by atoms with E-state index in [1.807, 2.05) is 18.2 Å². The van der Waals surface area contributed by atoms with Crippen LogP contribution in [0.25, 0.3) is 0 Å². The van der Waals surface area contributed by atoms with Crippen molar-refractivity contribution in [3.05, 3.63) is 58.3 Å². The maximum atomic E-state index is 10.8. The highest BCUT2D eigenvalue weighted by molar-refractivity contribution is 9.10. The lowest BCUT2D eigenvalue weighted by Gasteiger charge is -2.08. The van der Waals surface area contributed by atoms with E-state index in [4.69, 9.17) is 5.11 Å². The van der Waals surface area contributed by atoms with Gasteiger partial charge in [0.1, 0.15) is 0 Å². The summed E-state index contributed by atoms with van der Waals surface area (Å²) in [7, 11) is 0. The first-order valence-electron chi connectivity index (χ1n) is 5.33. The zero-order valence-electron chi connectivity index (χ0n) is 9.43. The molecule has 18 heavy (non-hydrogen) atoms. The Hall–Kier alpha value is -1.88. The van der Waals surface area contributed by atoms with Crippen LogP contribution in [-0.2, 0) is 6.54 Å². The van der Waals surface area contributed by atoms with Crippen molar-refractivity contribution >= 4 is 27.6 Å². The van der Waals surface area contributed by atoms with Gasteiger partial charge in [0.05, 0.1) is 17.8 Å². The van der Waals surface area contributed by atoms with Gasteiger partial charge in [0.25, 0.3) is 0 Å². The van der Waals surface area contributed by atoms with E-state index in [1.54, 1.807) is 24.4 Å². The number of nitrogens with one attached hydrogen (secondary N) is 1. The summed E-state index contributed by atoms with van der Waals surface area (Å²) in [6.45, 7) is 0.589. The highest BCUT2D eigenvalue weighted by atomic mass is 79.9. The Labute approximate surface area is 113 Å². The second-order valence-corrected chi connectivity index (χ2v) is 4.53. The minimum absolute atomic E-state index is 0.255. The number of hydrogen-bond acceptors (Lipinski definition) is 3. The molecule has 0 bridgehead atoms. The predicted octanol–water partition coefficient (Wildman–Crippen LogP) is 3.15. The third-order valence-electron chi connectivity index (χ3n) is 2.40. The average Bonchev–Trinajstić information content (AvgIpc) is 2.38. The first-order chi connectivity index (χ1) is 8.66. The summed E-state index contributed by atoms with van der Waals surface area (Å²) in [5, 5.41) is 12.0. The van der Waals surface area contributed by atoms with E-state index in [1.165, 1.54) is 0 Å². The van der Waals surface area contributed by atoms with E-state index in [-0.39, 0.29) is 5.56 Å². The SMILES string of the molecule is O=C(O)c1ccc(NCc2ccccn2)c(Br)c1. The van der Waals surface area contributed by atoms with Gasteiger partial charge in [-0.1, -0.05) is 6.07 Å². The minimum Gasteiger partial charge on any atom is -0.478 e. The van der Waals surface area contributed by atoms with Crippen molar-refractivity contribution in [1.29, 1.82) is 0 Å². The van der Waals surface area contributed by atoms with E-state index in [2.05, 4.69) is 26.2 Å². The van der Waals surface area contributed by atoms with E-state index in [0.717, 1.165) is 15.9 Å². The number of carboxylic acids is 1. The standard InChI is InChI=1S/C13H11BrN2O2/c14-11-7-9(13(17)18)4-5-12(11)16-8-10-3-1-2-6-15-10/h1-7,16H,8H2,(H,17,18). The molecule has 1 aromatic heterocycles. The second-order valence-electron chi connectivity index (χ2n) is 3.67. The molecule has 2 N–H and O–H groups in total. The van der Waals surface area contributed by atoms with Gasteiger partial charge in [-0.05, 0) is 46.3 Å². The number of hydrogen-bond donors (Lipinski definition) is 2. The smallest absolute Gasteiger partial charge is 0.335 e. The first kappa shape index (κ1) is 12.6. The lowest BCUT2D eigenvalue weighted by Crippen LogP contribution is -2.03. The fraction of sp³-hybridized carbons (Fsp3) is 0.0769. The Balaban J connectivity index is 2.08. The molecule has 0 atom stereocenters. The van der Waals surface area contributed by atoms with Gasteiger partial charge in [0.15, 0.2) is 0 Å². The fourth-order valence-corrected chi connectivity index (χ4v) is 2.00. The van der Waals surface area contributed by atoms with Crippen LogP contribution in [0.1, 0.15) is 16.1 Å². The van der Waals surface area contributed by atoms with Gasteiger partial charge in [-0.25, -0.2) is 4.79 Å². The molecule has 2 aromatic rings. The van der Waals surface area contributed by atoms with E-state index in [9.17, 15) is 4.79 Å². The van der Waals surface area contributed by atoms with Crippen LogP contribution in [0.3, 0.4) is 0 Å². The largest absolute Gasteiger partial charge is 0.478 e. The summed E-state index contributed by atoms with van der Waals surface area (Å²) in [4.78, 5) is 15.0. The molecular weight excluding hydrogens is 296 g/mol. The minimum atomic E-state index is -0.938. The molecule has 0 amide bonds. The molecule has 0 aliphatic rings.